The Labute approximate surface area is 189 Å². The number of esters is 1. The first-order chi connectivity index (χ1) is 15.0. The van der Waals surface area contributed by atoms with Crippen molar-refractivity contribution in [3.05, 3.63) is 99.2 Å². The molecule has 0 fully saturated rings. The first-order valence-corrected chi connectivity index (χ1v) is 10.1. The third kappa shape index (κ3) is 4.90. The zero-order valence-electron chi connectivity index (χ0n) is 16.5. The van der Waals surface area contributed by atoms with Gasteiger partial charge in [-0.25, -0.2) is 9.79 Å². The minimum atomic E-state index is -0.548. The number of carbonyl (C=O) groups excluding carboxylic acids is 1. The number of ether oxygens (including phenoxy) is 3. The SMILES string of the molecule is COc1cccc(/C=C2/N=C(c3ccc(Cl)cc3)OC2=O)c1OCc1cccc(Cl)c1. The molecule has 0 aromatic heterocycles. The zero-order chi connectivity index (χ0) is 21.8. The Bertz CT molecular complexity index is 1190. The standard InChI is InChI=1S/C24H17Cl2NO4/c1-29-21-7-3-5-17(22(21)30-14-15-4-2-6-19(26)12-15)13-20-24(28)31-23(27-20)16-8-10-18(25)11-9-16/h2-13H,14H2,1H3/b20-13+. The van der Waals surface area contributed by atoms with Crippen molar-refractivity contribution in [1.82, 2.24) is 0 Å². The van der Waals surface area contributed by atoms with Crippen LogP contribution in [0.1, 0.15) is 16.7 Å². The van der Waals surface area contributed by atoms with Crippen molar-refractivity contribution in [3.63, 3.8) is 0 Å². The van der Waals surface area contributed by atoms with Gasteiger partial charge in [0.2, 0.25) is 5.90 Å². The van der Waals surface area contributed by atoms with Gasteiger partial charge in [0.1, 0.15) is 6.61 Å². The Morgan fingerprint density at radius 1 is 1.00 bits per heavy atom. The summed E-state index contributed by atoms with van der Waals surface area (Å²) in [6, 6.07) is 19.7. The lowest BCUT2D eigenvalue weighted by molar-refractivity contribution is -0.129. The summed E-state index contributed by atoms with van der Waals surface area (Å²) in [7, 11) is 1.55. The van der Waals surface area contributed by atoms with E-state index in [2.05, 4.69) is 4.99 Å². The molecule has 3 aromatic rings. The van der Waals surface area contributed by atoms with Crippen molar-refractivity contribution in [2.24, 2.45) is 4.99 Å². The number of rotatable bonds is 6. The van der Waals surface area contributed by atoms with Crippen molar-refractivity contribution in [1.29, 1.82) is 0 Å². The molecule has 0 N–H and O–H groups in total. The van der Waals surface area contributed by atoms with Crippen LogP contribution in [0.25, 0.3) is 6.08 Å². The van der Waals surface area contributed by atoms with E-state index in [1.54, 1.807) is 49.6 Å². The summed E-state index contributed by atoms with van der Waals surface area (Å²) >= 11 is 12.0. The summed E-state index contributed by atoms with van der Waals surface area (Å²) in [5.74, 6) is 0.691. The van der Waals surface area contributed by atoms with Crippen LogP contribution in [0.3, 0.4) is 0 Å². The summed E-state index contributed by atoms with van der Waals surface area (Å²) in [4.78, 5) is 16.7. The quantitative estimate of drug-likeness (QED) is 0.343. The highest BCUT2D eigenvalue weighted by molar-refractivity contribution is 6.31. The molecule has 4 rings (SSSR count). The largest absolute Gasteiger partial charge is 0.493 e. The third-order valence-electron chi connectivity index (χ3n) is 4.51. The molecule has 0 saturated heterocycles. The molecule has 5 nitrogen and oxygen atoms in total. The average molecular weight is 454 g/mol. The van der Waals surface area contributed by atoms with E-state index < -0.39 is 5.97 Å². The maximum Gasteiger partial charge on any atom is 0.363 e. The Balaban J connectivity index is 1.65. The second-order valence-electron chi connectivity index (χ2n) is 6.64. The van der Waals surface area contributed by atoms with E-state index >= 15 is 0 Å². The molecule has 0 saturated carbocycles. The Kier molecular flexibility index (Phi) is 6.26. The fourth-order valence-corrected chi connectivity index (χ4v) is 3.36. The fraction of sp³-hybridized carbons (Fsp3) is 0.0833. The van der Waals surface area contributed by atoms with Crippen molar-refractivity contribution < 1.29 is 19.0 Å². The van der Waals surface area contributed by atoms with Crippen LogP contribution in [0.2, 0.25) is 10.0 Å². The van der Waals surface area contributed by atoms with Gasteiger partial charge in [0, 0.05) is 21.2 Å². The molecule has 1 heterocycles. The van der Waals surface area contributed by atoms with Gasteiger partial charge in [0.15, 0.2) is 17.2 Å². The van der Waals surface area contributed by atoms with Crippen molar-refractivity contribution >= 4 is 41.1 Å². The number of aliphatic imine (C=N–C) groups is 1. The number of hydrogen-bond acceptors (Lipinski definition) is 5. The average Bonchev–Trinajstić information content (AvgIpc) is 3.13. The van der Waals surface area contributed by atoms with Crippen LogP contribution in [0.15, 0.2) is 77.4 Å². The van der Waals surface area contributed by atoms with Crippen molar-refractivity contribution in [3.8, 4) is 11.5 Å². The molecule has 1 aliphatic rings. The van der Waals surface area contributed by atoms with Crippen LogP contribution >= 0.6 is 23.2 Å². The van der Waals surface area contributed by atoms with Crippen LogP contribution in [-0.2, 0) is 16.1 Å². The molecule has 31 heavy (non-hydrogen) atoms. The van der Waals surface area contributed by atoms with Crippen LogP contribution in [0.4, 0.5) is 0 Å². The number of halogens is 2. The predicted molar refractivity (Wildman–Crippen MR) is 121 cm³/mol. The number of benzene rings is 3. The molecule has 7 heteroatoms. The molecule has 0 radical (unpaired) electrons. The normalized spacial score (nSPS) is 14.4. The minimum Gasteiger partial charge on any atom is -0.493 e. The first-order valence-electron chi connectivity index (χ1n) is 9.36. The van der Waals surface area contributed by atoms with Gasteiger partial charge in [0.05, 0.1) is 7.11 Å². The smallest absolute Gasteiger partial charge is 0.363 e. The van der Waals surface area contributed by atoms with Crippen LogP contribution in [0, 0.1) is 0 Å². The highest BCUT2D eigenvalue weighted by Gasteiger charge is 2.25. The Hall–Kier alpha value is -3.28. The lowest BCUT2D eigenvalue weighted by atomic mass is 10.1. The number of nitrogens with zero attached hydrogens (tertiary/aromatic N) is 1. The number of hydrogen-bond donors (Lipinski definition) is 0. The molecular formula is C24H17Cl2NO4. The monoisotopic (exact) mass is 453 g/mol. The minimum absolute atomic E-state index is 0.158. The molecule has 0 amide bonds. The topological polar surface area (TPSA) is 57.1 Å². The van der Waals surface area contributed by atoms with Gasteiger partial charge in [-0.05, 0) is 54.1 Å². The summed E-state index contributed by atoms with van der Waals surface area (Å²) < 4.78 is 16.8. The van der Waals surface area contributed by atoms with Gasteiger partial charge in [-0.3, -0.25) is 0 Å². The van der Waals surface area contributed by atoms with Gasteiger partial charge in [-0.15, -0.1) is 0 Å². The summed E-state index contributed by atoms with van der Waals surface area (Å²) in [6.45, 7) is 0.279. The van der Waals surface area contributed by atoms with Crippen LogP contribution < -0.4 is 9.47 Å². The molecule has 0 bridgehead atoms. The second kappa shape index (κ2) is 9.25. The Morgan fingerprint density at radius 3 is 2.52 bits per heavy atom. The van der Waals surface area contributed by atoms with Gasteiger partial charge < -0.3 is 14.2 Å². The van der Waals surface area contributed by atoms with E-state index in [4.69, 9.17) is 37.4 Å². The van der Waals surface area contributed by atoms with Crippen LogP contribution in [0.5, 0.6) is 11.5 Å². The van der Waals surface area contributed by atoms with E-state index in [1.165, 1.54) is 0 Å². The number of para-hydroxylation sites is 1. The summed E-state index contributed by atoms with van der Waals surface area (Å²) in [6.07, 6.45) is 1.61. The molecular weight excluding hydrogens is 437 g/mol. The first kappa shape index (κ1) is 21.0. The molecule has 1 aliphatic heterocycles. The van der Waals surface area contributed by atoms with E-state index in [0.717, 1.165) is 5.56 Å². The lowest BCUT2D eigenvalue weighted by Gasteiger charge is -2.13. The third-order valence-corrected chi connectivity index (χ3v) is 4.99. The van der Waals surface area contributed by atoms with E-state index in [-0.39, 0.29) is 18.2 Å². The molecule has 0 aliphatic carbocycles. The van der Waals surface area contributed by atoms with Crippen molar-refractivity contribution in [2.75, 3.05) is 7.11 Å². The second-order valence-corrected chi connectivity index (χ2v) is 7.51. The van der Waals surface area contributed by atoms with Crippen molar-refractivity contribution in [2.45, 2.75) is 6.61 Å². The lowest BCUT2D eigenvalue weighted by Crippen LogP contribution is -2.05. The number of cyclic esters (lactones) is 1. The maximum atomic E-state index is 12.4. The molecule has 0 atom stereocenters. The van der Waals surface area contributed by atoms with E-state index in [9.17, 15) is 4.79 Å². The number of carbonyl (C=O) groups is 1. The van der Waals surface area contributed by atoms with Gasteiger partial charge in [0.25, 0.3) is 0 Å². The van der Waals surface area contributed by atoms with E-state index in [1.807, 2.05) is 30.3 Å². The highest BCUT2D eigenvalue weighted by Crippen LogP contribution is 2.34. The van der Waals surface area contributed by atoms with Gasteiger partial charge in [-0.1, -0.05) is 47.5 Å². The molecule has 156 valence electrons. The molecule has 3 aromatic carbocycles. The predicted octanol–water partition coefficient (Wildman–Crippen LogP) is 5.93. The Morgan fingerprint density at radius 2 is 1.77 bits per heavy atom. The van der Waals surface area contributed by atoms with Crippen LogP contribution in [-0.4, -0.2) is 19.0 Å². The zero-order valence-corrected chi connectivity index (χ0v) is 18.0. The number of methoxy groups -OCH3 is 1. The molecule has 0 unspecified atom stereocenters. The summed E-state index contributed by atoms with van der Waals surface area (Å²) in [5.41, 5.74) is 2.35. The summed E-state index contributed by atoms with van der Waals surface area (Å²) in [5, 5.41) is 1.21. The van der Waals surface area contributed by atoms with E-state index in [0.29, 0.717) is 32.7 Å². The highest BCUT2D eigenvalue weighted by atomic mass is 35.5. The van der Waals surface area contributed by atoms with Gasteiger partial charge >= 0.3 is 5.97 Å². The fourth-order valence-electron chi connectivity index (χ4n) is 3.02. The molecule has 0 spiro atoms. The van der Waals surface area contributed by atoms with Gasteiger partial charge in [-0.2, -0.15) is 0 Å². The maximum absolute atomic E-state index is 12.4.